The van der Waals surface area contributed by atoms with E-state index in [1.54, 1.807) is 0 Å². The molecule has 0 fully saturated rings. The van der Waals surface area contributed by atoms with Gasteiger partial charge in [0.1, 0.15) is 6.29 Å². The van der Waals surface area contributed by atoms with E-state index < -0.39 is 10.8 Å². The van der Waals surface area contributed by atoms with Crippen molar-refractivity contribution >= 4 is 17.1 Å². The number of hydrogen-bond acceptors (Lipinski definition) is 2. The number of aldehydes is 1. The maximum atomic E-state index is 11.9. The Morgan fingerprint density at radius 2 is 1.81 bits per heavy atom. The highest BCUT2D eigenvalue weighted by molar-refractivity contribution is 7.88. The Morgan fingerprint density at radius 1 is 1.25 bits per heavy atom. The lowest BCUT2D eigenvalue weighted by Gasteiger charge is -2.03. The Kier molecular flexibility index (Phi) is 4.62. The zero-order chi connectivity index (χ0) is 12.1. The minimum atomic E-state index is -1.24. The van der Waals surface area contributed by atoms with Gasteiger partial charge in [0.15, 0.2) is 0 Å². The number of hydrogen-bond donors (Lipinski definition) is 0. The number of benzene rings is 1. The molecule has 0 aliphatic carbocycles. The molecule has 1 atom stereocenters. The molecule has 1 rings (SSSR count). The van der Waals surface area contributed by atoms with Gasteiger partial charge in [-0.2, -0.15) is 0 Å². The lowest BCUT2D eigenvalue weighted by atomic mass is 10.1. The van der Waals surface area contributed by atoms with Crippen molar-refractivity contribution in [2.75, 3.05) is 0 Å². The van der Waals surface area contributed by atoms with Crippen LogP contribution in [0.1, 0.15) is 19.4 Å². The molecule has 0 aliphatic heterocycles. The van der Waals surface area contributed by atoms with Gasteiger partial charge in [-0.25, -0.2) is 4.21 Å². The Morgan fingerprint density at radius 3 is 2.25 bits per heavy atom. The molecular weight excluding hydrogens is 220 g/mol. The van der Waals surface area contributed by atoms with Crippen LogP contribution in [0.15, 0.2) is 40.1 Å². The molecule has 86 valence electrons. The Hall–Kier alpha value is -1.22. The van der Waals surface area contributed by atoms with Crippen LogP contribution in [0.3, 0.4) is 0 Å². The van der Waals surface area contributed by atoms with Gasteiger partial charge in [0, 0.05) is 15.9 Å². The first kappa shape index (κ1) is 12.8. The van der Waals surface area contributed by atoms with Crippen LogP contribution in [-0.2, 0) is 15.6 Å². The van der Waals surface area contributed by atoms with Crippen LogP contribution in [0, 0.1) is 12.8 Å². The van der Waals surface area contributed by atoms with Crippen molar-refractivity contribution in [3.05, 3.63) is 40.8 Å². The Bertz CT molecular complexity index is 416. The molecule has 3 heteroatoms. The molecule has 16 heavy (non-hydrogen) atoms. The largest absolute Gasteiger partial charge is 0.298 e. The van der Waals surface area contributed by atoms with Gasteiger partial charge in [-0.05, 0) is 25.0 Å². The standard InChI is InChI=1S/C13H16O2S/c1-10(2)12(8-14)9-16(15)13-6-4-11(3)5-7-13/h4-10H,1-3H3/b12-9+. The van der Waals surface area contributed by atoms with E-state index in [4.69, 9.17) is 0 Å². The summed E-state index contributed by atoms with van der Waals surface area (Å²) < 4.78 is 11.9. The molecule has 1 aromatic rings. The van der Waals surface area contributed by atoms with E-state index in [0.717, 1.165) is 16.7 Å². The molecule has 0 amide bonds. The van der Waals surface area contributed by atoms with E-state index in [0.29, 0.717) is 5.57 Å². The maximum absolute atomic E-state index is 11.9. The van der Waals surface area contributed by atoms with E-state index in [-0.39, 0.29) is 5.92 Å². The van der Waals surface area contributed by atoms with Crippen molar-refractivity contribution in [3.63, 3.8) is 0 Å². The number of carbonyl (C=O) groups is 1. The minimum Gasteiger partial charge on any atom is -0.298 e. The zero-order valence-electron chi connectivity index (χ0n) is 9.77. The molecule has 0 spiro atoms. The Labute approximate surface area is 98.8 Å². The van der Waals surface area contributed by atoms with E-state index >= 15 is 0 Å². The zero-order valence-corrected chi connectivity index (χ0v) is 10.6. The van der Waals surface area contributed by atoms with Crippen LogP contribution in [0.25, 0.3) is 0 Å². The predicted octanol–water partition coefficient (Wildman–Crippen LogP) is 2.84. The van der Waals surface area contributed by atoms with Crippen LogP contribution >= 0.6 is 0 Å². The van der Waals surface area contributed by atoms with Crippen molar-refractivity contribution in [1.29, 1.82) is 0 Å². The monoisotopic (exact) mass is 236 g/mol. The highest BCUT2D eigenvalue weighted by Crippen LogP contribution is 2.13. The molecule has 1 unspecified atom stereocenters. The van der Waals surface area contributed by atoms with Crippen LogP contribution in [-0.4, -0.2) is 10.5 Å². The SMILES string of the molecule is Cc1ccc(S(=O)/C=C(\C=O)C(C)C)cc1. The van der Waals surface area contributed by atoms with Crippen molar-refractivity contribution in [3.8, 4) is 0 Å². The van der Waals surface area contributed by atoms with Crippen molar-refractivity contribution in [2.45, 2.75) is 25.7 Å². The lowest BCUT2D eigenvalue weighted by Crippen LogP contribution is -1.98. The topological polar surface area (TPSA) is 34.1 Å². The third-order valence-electron chi connectivity index (χ3n) is 2.30. The first-order chi connectivity index (χ1) is 7.54. The van der Waals surface area contributed by atoms with E-state index in [2.05, 4.69) is 0 Å². The molecular formula is C13H16O2S. The quantitative estimate of drug-likeness (QED) is 0.595. The van der Waals surface area contributed by atoms with Crippen molar-refractivity contribution < 1.29 is 9.00 Å². The van der Waals surface area contributed by atoms with Crippen molar-refractivity contribution in [1.82, 2.24) is 0 Å². The molecule has 0 heterocycles. The van der Waals surface area contributed by atoms with Gasteiger partial charge >= 0.3 is 0 Å². The normalized spacial score (nSPS) is 13.9. The molecule has 2 nitrogen and oxygen atoms in total. The van der Waals surface area contributed by atoms with Gasteiger partial charge in [-0.1, -0.05) is 31.5 Å². The molecule has 0 bridgehead atoms. The minimum absolute atomic E-state index is 0.104. The van der Waals surface area contributed by atoms with Crippen molar-refractivity contribution in [2.24, 2.45) is 5.92 Å². The van der Waals surface area contributed by atoms with Crippen LogP contribution in [0.2, 0.25) is 0 Å². The van der Waals surface area contributed by atoms with Gasteiger partial charge in [0.05, 0.1) is 10.8 Å². The summed E-state index contributed by atoms with van der Waals surface area (Å²) in [4.78, 5) is 11.5. The average molecular weight is 236 g/mol. The van der Waals surface area contributed by atoms with Gasteiger partial charge in [-0.3, -0.25) is 4.79 Å². The number of aryl methyl sites for hydroxylation is 1. The summed E-state index contributed by atoms with van der Waals surface area (Å²) in [5.74, 6) is 0.104. The molecule has 0 radical (unpaired) electrons. The summed E-state index contributed by atoms with van der Waals surface area (Å²) >= 11 is 0. The molecule has 0 saturated heterocycles. The molecule has 0 aliphatic rings. The second-order valence-corrected chi connectivity index (χ2v) is 5.30. The van der Waals surface area contributed by atoms with E-state index in [1.165, 1.54) is 5.41 Å². The second-order valence-electron chi connectivity index (χ2n) is 4.00. The molecule has 0 saturated carbocycles. The summed E-state index contributed by atoms with van der Waals surface area (Å²) in [6, 6.07) is 7.48. The summed E-state index contributed by atoms with van der Waals surface area (Å²) in [5, 5.41) is 1.53. The fourth-order valence-electron chi connectivity index (χ4n) is 1.16. The molecule has 0 N–H and O–H groups in total. The summed E-state index contributed by atoms with van der Waals surface area (Å²) in [6.45, 7) is 5.80. The van der Waals surface area contributed by atoms with Gasteiger partial charge in [0.2, 0.25) is 0 Å². The summed E-state index contributed by atoms with van der Waals surface area (Å²) in [7, 11) is -1.24. The molecule has 1 aromatic carbocycles. The number of allylic oxidation sites excluding steroid dienone is 1. The van der Waals surface area contributed by atoms with E-state index in [9.17, 15) is 9.00 Å². The van der Waals surface area contributed by atoms with Crippen LogP contribution < -0.4 is 0 Å². The van der Waals surface area contributed by atoms with Gasteiger partial charge in [-0.15, -0.1) is 0 Å². The highest BCUT2D eigenvalue weighted by Gasteiger charge is 2.06. The smallest absolute Gasteiger partial charge is 0.146 e. The third kappa shape index (κ3) is 3.42. The van der Waals surface area contributed by atoms with Crippen LogP contribution in [0.4, 0.5) is 0 Å². The highest BCUT2D eigenvalue weighted by atomic mass is 32.2. The Balaban J connectivity index is 2.94. The maximum Gasteiger partial charge on any atom is 0.146 e. The van der Waals surface area contributed by atoms with E-state index in [1.807, 2.05) is 45.0 Å². The average Bonchev–Trinajstić information content (AvgIpc) is 2.26. The number of carbonyl (C=O) groups excluding carboxylic acids is 1. The summed E-state index contributed by atoms with van der Waals surface area (Å²) in [5.41, 5.74) is 1.71. The molecule has 0 aromatic heterocycles. The summed E-state index contributed by atoms with van der Waals surface area (Å²) in [6.07, 6.45) is 0.775. The predicted molar refractivity (Wildman–Crippen MR) is 66.6 cm³/mol. The lowest BCUT2D eigenvalue weighted by molar-refractivity contribution is -0.105. The second kappa shape index (κ2) is 5.75. The van der Waals surface area contributed by atoms with Gasteiger partial charge in [0.25, 0.3) is 0 Å². The fraction of sp³-hybridized carbons (Fsp3) is 0.308. The fourth-order valence-corrected chi connectivity index (χ4v) is 2.28. The first-order valence-corrected chi connectivity index (χ1v) is 6.40. The third-order valence-corrected chi connectivity index (χ3v) is 3.52. The van der Waals surface area contributed by atoms with Gasteiger partial charge < -0.3 is 0 Å². The number of rotatable bonds is 4. The first-order valence-electron chi connectivity index (χ1n) is 5.18. The van der Waals surface area contributed by atoms with Crippen LogP contribution in [0.5, 0.6) is 0 Å².